The van der Waals surface area contributed by atoms with E-state index in [0.717, 1.165) is 45.4 Å². The van der Waals surface area contributed by atoms with Gasteiger partial charge >= 0.3 is 0 Å². The first-order valence-electron chi connectivity index (χ1n) is 10.5. The van der Waals surface area contributed by atoms with Gasteiger partial charge in [0.05, 0.1) is 6.10 Å². The number of aliphatic hydroxyl groups is 1. The van der Waals surface area contributed by atoms with E-state index in [9.17, 15) is 9.90 Å². The summed E-state index contributed by atoms with van der Waals surface area (Å²) in [6.45, 7) is 12.9. The van der Waals surface area contributed by atoms with Crippen LogP contribution in [-0.4, -0.2) is 53.1 Å². The highest BCUT2D eigenvalue weighted by Crippen LogP contribution is 2.39. The maximum atomic E-state index is 12.2. The second-order valence-electron chi connectivity index (χ2n) is 9.60. The standard InChI is InChI=1S/C23H36N2O2/c1-5-21(27)25-13-6-12-23(17-25)16-24(14-11-20(23)26)15-18-7-9-19(10-8-18)22(2,3)4/h7-10,20,26H,5-6,11-17H2,1-4H3/t20-,23-/m1/s1. The molecule has 1 aromatic carbocycles. The minimum atomic E-state index is -0.301. The molecule has 1 N–H and O–H groups in total. The van der Waals surface area contributed by atoms with Crippen molar-refractivity contribution in [1.82, 2.24) is 9.80 Å². The molecule has 0 radical (unpaired) electrons. The van der Waals surface area contributed by atoms with E-state index in [4.69, 9.17) is 0 Å². The van der Waals surface area contributed by atoms with E-state index in [-0.39, 0.29) is 22.8 Å². The van der Waals surface area contributed by atoms with Crippen molar-refractivity contribution in [3.8, 4) is 0 Å². The van der Waals surface area contributed by atoms with Crippen molar-refractivity contribution < 1.29 is 9.90 Å². The average molecular weight is 373 g/mol. The molecule has 2 heterocycles. The molecule has 2 fully saturated rings. The van der Waals surface area contributed by atoms with Gasteiger partial charge in [0.25, 0.3) is 0 Å². The molecule has 0 aliphatic carbocycles. The van der Waals surface area contributed by atoms with Gasteiger partial charge in [0.1, 0.15) is 0 Å². The molecule has 2 saturated heterocycles. The molecule has 150 valence electrons. The number of nitrogens with zero attached hydrogens (tertiary/aromatic N) is 2. The third kappa shape index (κ3) is 4.55. The molecule has 4 nitrogen and oxygen atoms in total. The van der Waals surface area contributed by atoms with Crippen molar-refractivity contribution in [1.29, 1.82) is 0 Å². The molecule has 4 heteroatoms. The van der Waals surface area contributed by atoms with Gasteiger partial charge in [-0.2, -0.15) is 0 Å². The van der Waals surface area contributed by atoms with Crippen molar-refractivity contribution in [3.63, 3.8) is 0 Å². The van der Waals surface area contributed by atoms with Gasteiger partial charge < -0.3 is 10.0 Å². The molecular weight excluding hydrogens is 336 g/mol. The van der Waals surface area contributed by atoms with Crippen LogP contribution in [-0.2, 0) is 16.8 Å². The first-order chi connectivity index (χ1) is 12.7. The quantitative estimate of drug-likeness (QED) is 0.882. The number of piperidine rings is 2. The number of rotatable bonds is 3. The van der Waals surface area contributed by atoms with E-state index in [1.54, 1.807) is 0 Å². The highest BCUT2D eigenvalue weighted by Gasteiger charge is 2.46. The van der Waals surface area contributed by atoms with Crippen molar-refractivity contribution >= 4 is 5.91 Å². The van der Waals surface area contributed by atoms with Crippen LogP contribution in [0.1, 0.15) is 64.5 Å². The number of carbonyl (C=O) groups is 1. The van der Waals surface area contributed by atoms with Crippen LogP contribution >= 0.6 is 0 Å². The van der Waals surface area contributed by atoms with Crippen LogP contribution in [0.3, 0.4) is 0 Å². The van der Waals surface area contributed by atoms with E-state index >= 15 is 0 Å². The lowest BCUT2D eigenvalue weighted by atomic mass is 9.71. The fourth-order valence-electron chi connectivity index (χ4n) is 4.74. The van der Waals surface area contributed by atoms with Crippen molar-refractivity contribution in [2.75, 3.05) is 26.2 Å². The summed E-state index contributed by atoms with van der Waals surface area (Å²) in [5.74, 6) is 0.219. The maximum absolute atomic E-state index is 12.2. The highest BCUT2D eigenvalue weighted by atomic mass is 16.3. The van der Waals surface area contributed by atoms with E-state index in [2.05, 4.69) is 49.9 Å². The van der Waals surface area contributed by atoms with Crippen LogP contribution in [0, 0.1) is 5.41 Å². The Morgan fingerprint density at radius 3 is 2.52 bits per heavy atom. The molecule has 1 aromatic rings. The molecule has 0 aromatic heterocycles. The number of aliphatic hydroxyl groups excluding tert-OH is 1. The molecule has 2 aliphatic heterocycles. The second kappa shape index (κ2) is 7.92. The molecule has 0 unspecified atom stereocenters. The van der Waals surface area contributed by atoms with Crippen molar-refractivity contribution in [2.24, 2.45) is 5.41 Å². The van der Waals surface area contributed by atoms with E-state index in [1.165, 1.54) is 11.1 Å². The van der Waals surface area contributed by atoms with Gasteiger partial charge in [0.15, 0.2) is 0 Å². The SMILES string of the molecule is CCC(=O)N1CCC[C@@]2(CN(Cc3ccc(C(C)(C)C)cc3)CC[C@H]2O)C1. The summed E-state index contributed by atoms with van der Waals surface area (Å²) in [7, 11) is 0. The normalized spacial score (nSPS) is 27.1. The topological polar surface area (TPSA) is 43.8 Å². The zero-order chi connectivity index (χ0) is 19.7. The molecule has 1 spiro atoms. The molecule has 0 bridgehead atoms. The minimum Gasteiger partial charge on any atom is -0.392 e. The van der Waals surface area contributed by atoms with E-state index in [1.807, 2.05) is 11.8 Å². The Kier molecular flexibility index (Phi) is 5.97. The third-order valence-electron chi connectivity index (χ3n) is 6.45. The van der Waals surface area contributed by atoms with Crippen molar-refractivity contribution in [2.45, 2.75) is 71.4 Å². The van der Waals surface area contributed by atoms with E-state index < -0.39 is 0 Å². The Morgan fingerprint density at radius 1 is 1.19 bits per heavy atom. The number of hydrogen-bond donors (Lipinski definition) is 1. The highest BCUT2D eigenvalue weighted by molar-refractivity contribution is 5.76. The average Bonchev–Trinajstić information content (AvgIpc) is 2.64. The molecule has 3 rings (SSSR count). The minimum absolute atomic E-state index is 0.160. The Morgan fingerprint density at radius 2 is 1.89 bits per heavy atom. The summed E-state index contributed by atoms with van der Waals surface area (Å²) in [5.41, 5.74) is 2.70. The van der Waals surface area contributed by atoms with Gasteiger partial charge in [0.2, 0.25) is 5.91 Å². The predicted molar refractivity (Wildman–Crippen MR) is 110 cm³/mol. The van der Waals surface area contributed by atoms with Crippen molar-refractivity contribution in [3.05, 3.63) is 35.4 Å². The van der Waals surface area contributed by atoms with Crippen LogP contribution in [0.15, 0.2) is 24.3 Å². The summed E-state index contributed by atoms with van der Waals surface area (Å²) in [5, 5.41) is 10.8. The summed E-state index contributed by atoms with van der Waals surface area (Å²) < 4.78 is 0. The molecular formula is C23H36N2O2. The molecule has 0 saturated carbocycles. The zero-order valence-corrected chi connectivity index (χ0v) is 17.5. The van der Waals surface area contributed by atoms with Gasteiger partial charge in [-0.15, -0.1) is 0 Å². The Bertz CT molecular complexity index is 649. The van der Waals surface area contributed by atoms with Crippen LogP contribution in [0.5, 0.6) is 0 Å². The monoisotopic (exact) mass is 372 g/mol. The molecule has 1 amide bonds. The van der Waals surface area contributed by atoms with Gasteiger partial charge in [-0.3, -0.25) is 9.69 Å². The van der Waals surface area contributed by atoms with Gasteiger partial charge in [0, 0.05) is 44.6 Å². The molecule has 27 heavy (non-hydrogen) atoms. The fraction of sp³-hybridized carbons (Fsp3) is 0.696. The summed E-state index contributed by atoms with van der Waals surface area (Å²) in [4.78, 5) is 16.7. The predicted octanol–water partition coefficient (Wildman–Crippen LogP) is 3.57. The number of likely N-dealkylation sites (tertiary alicyclic amines) is 2. The van der Waals surface area contributed by atoms with Crippen LogP contribution in [0.4, 0.5) is 0 Å². The first-order valence-corrected chi connectivity index (χ1v) is 10.5. The third-order valence-corrected chi connectivity index (χ3v) is 6.45. The Balaban J connectivity index is 1.69. The number of benzene rings is 1. The number of carbonyl (C=O) groups excluding carboxylic acids is 1. The zero-order valence-electron chi connectivity index (χ0n) is 17.5. The second-order valence-corrected chi connectivity index (χ2v) is 9.60. The van der Waals surface area contributed by atoms with Gasteiger partial charge in [-0.05, 0) is 35.8 Å². The Labute approximate surface area is 164 Å². The van der Waals surface area contributed by atoms with Crippen LogP contribution in [0.2, 0.25) is 0 Å². The summed E-state index contributed by atoms with van der Waals surface area (Å²) in [6, 6.07) is 8.97. The fourth-order valence-corrected chi connectivity index (χ4v) is 4.74. The van der Waals surface area contributed by atoms with Gasteiger partial charge in [-0.1, -0.05) is 52.0 Å². The lowest BCUT2D eigenvalue weighted by Crippen LogP contribution is -2.59. The Hall–Kier alpha value is -1.39. The largest absolute Gasteiger partial charge is 0.392 e. The number of amides is 1. The molecule has 2 aliphatic rings. The van der Waals surface area contributed by atoms with E-state index in [0.29, 0.717) is 13.0 Å². The maximum Gasteiger partial charge on any atom is 0.222 e. The van der Waals surface area contributed by atoms with Crippen LogP contribution in [0.25, 0.3) is 0 Å². The van der Waals surface area contributed by atoms with Crippen LogP contribution < -0.4 is 0 Å². The summed E-state index contributed by atoms with van der Waals surface area (Å²) >= 11 is 0. The smallest absolute Gasteiger partial charge is 0.222 e. The lowest BCUT2D eigenvalue weighted by molar-refractivity contribution is -0.141. The number of hydrogen-bond acceptors (Lipinski definition) is 3. The molecule has 2 atom stereocenters. The first kappa shape index (κ1) is 20.3. The van der Waals surface area contributed by atoms with Gasteiger partial charge in [-0.25, -0.2) is 0 Å². The lowest BCUT2D eigenvalue weighted by Gasteiger charge is -2.51. The summed E-state index contributed by atoms with van der Waals surface area (Å²) in [6.07, 6.45) is 3.06.